The largest absolute Gasteiger partial charge is 0.496 e. The van der Waals surface area contributed by atoms with Crippen molar-refractivity contribution in [1.82, 2.24) is 10.2 Å². The van der Waals surface area contributed by atoms with Crippen molar-refractivity contribution in [1.29, 1.82) is 0 Å². The van der Waals surface area contributed by atoms with Crippen molar-refractivity contribution in [2.45, 2.75) is 19.3 Å². The fourth-order valence-corrected chi connectivity index (χ4v) is 3.24. The van der Waals surface area contributed by atoms with Crippen molar-refractivity contribution in [2.75, 3.05) is 26.7 Å². The van der Waals surface area contributed by atoms with E-state index in [1.807, 2.05) is 36.4 Å². The lowest BCUT2D eigenvalue weighted by Gasteiger charge is -2.17. The highest BCUT2D eigenvalue weighted by atomic mass is 16.5. The summed E-state index contributed by atoms with van der Waals surface area (Å²) in [5, 5.41) is 2.90. The fourth-order valence-electron chi connectivity index (χ4n) is 3.24. The number of nitrogens with zero attached hydrogens (tertiary/aromatic N) is 1. The van der Waals surface area contributed by atoms with Crippen LogP contribution in [0.15, 0.2) is 47.1 Å². The second-order valence-electron chi connectivity index (χ2n) is 6.42. The highest BCUT2D eigenvalue weighted by molar-refractivity contribution is 5.89. The Morgan fingerprint density at radius 1 is 1.27 bits per heavy atom. The van der Waals surface area contributed by atoms with Crippen molar-refractivity contribution in [2.24, 2.45) is 5.92 Å². The van der Waals surface area contributed by atoms with Crippen LogP contribution in [0.4, 0.5) is 0 Å². The van der Waals surface area contributed by atoms with E-state index in [1.54, 1.807) is 18.3 Å². The fraction of sp³-hybridized carbons (Fsp3) is 0.400. The second-order valence-corrected chi connectivity index (χ2v) is 6.42. The monoisotopic (exact) mass is 356 g/mol. The molecule has 6 heteroatoms. The van der Waals surface area contributed by atoms with E-state index in [0.29, 0.717) is 32.5 Å². The van der Waals surface area contributed by atoms with E-state index in [4.69, 9.17) is 9.15 Å². The molecule has 0 radical (unpaired) electrons. The average molecular weight is 356 g/mol. The standard InChI is InChI=1S/C20H24N2O4/c1-25-18-7-3-2-5-15(18)9-11-22-14-16(13-19(22)23)20(24)21-10-8-17-6-4-12-26-17/h2-7,12,16H,8-11,13-14H2,1H3,(H,21,24). The normalized spacial score (nSPS) is 16.7. The Bertz CT molecular complexity index is 742. The maximum atomic E-state index is 12.3. The molecule has 1 aromatic carbocycles. The zero-order valence-electron chi connectivity index (χ0n) is 14.9. The number of likely N-dealkylation sites (tertiary alicyclic amines) is 1. The minimum Gasteiger partial charge on any atom is -0.496 e. The highest BCUT2D eigenvalue weighted by Crippen LogP contribution is 2.21. The summed E-state index contributed by atoms with van der Waals surface area (Å²) in [6, 6.07) is 11.5. The lowest BCUT2D eigenvalue weighted by Crippen LogP contribution is -2.34. The summed E-state index contributed by atoms with van der Waals surface area (Å²) in [5.74, 6) is 1.35. The van der Waals surface area contributed by atoms with Crippen LogP contribution in [0.5, 0.6) is 5.75 Å². The van der Waals surface area contributed by atoms with Crippen LogP contribution in [0.25, 0.3) is 0 Å². The molecule has 1 aliphatic rings. The van der Waals surface area contributed by atoms with Crippen molar-refractivity contribution in [3.8, 4) is 5.75 Å². The number of rotatable bonds is 8. The number of benzene rings is 1. The van der Waals surface area contributed by atoms with Gasteiger partial charge >= 0.3 is 0 Å². The van der Waals surface area contributed by atoms with E-state index >= 15 is 0 Å². The first-order chi connectivity index (χ1) is 12.7. The lowest BCUT2D eigenvalue weighted by atomic mass is 10.1. The molecule has 0 spiro atoms. The number of carbonyl (C=O) groups excluding carboxylic acids is 2. The van der Waals surface area contributed by atoms with Gasteiger partial charge in [-0.3, -0.25) is 9.59 Å². The van der Waals surface area contributed by atoms with E-state index < -0.39 is 0 Å². The Morgan fingerprint density at radius 2 is 2.12 bits per heavy atom. The summed E-state index contributed by atoms with van der Waals surface area (Å²) < 4.78 is 10.6. The number of furan rings is 1. The van der Waals surface area contributed by atoms with Crippen LogP contribution in [-0.2, 0) is 22.4 Å². The molecule has 2 amide bonds. The summed E-state index contributed by atoms with van der Waals surface area (Å²) in [6.45, 7) is 1.58. The molecule has 0 saturated carbocycles. The van der Waals surface area contributed by atoms with Gasteiger partial charge in [-0.25, -0.2) is 0 Å². The van der Waals surface area contributed by atoms with Gasteiger partial charge in [-0.2, -0.15) is 0 Å². The molecule has 2 aromatic rings. The number of amides is 2. The Labute approximate surface area is 153 Å². The molecule has 1 aromatic heterocycles. The molecule has 2 heterocycles. The van der Waals surface area contributed by atoms with Gasteiger partial charge in [0.15, 0.2) is 0 Å². The second kappa shape index (κ2) is 8.56. The number of carbonyl (C=O) groups is 2. The molecule has 1 saturated heterocycles. The van der Waals surface area contributed by atoms with E-state index in [2.05, 4.69) is 5.32 Å². The van der Waals surface area contributed by atoms with E-state index in [0.717, 1.165) is 17.1 Å². The van der Waals surface area contributed by atoms with Gasteiger partial charge < -0.3 is 19.4 Å². The summed E-state index contributed by atoms with van der Waals surface area (Å²) >= 11 is 0. The molecule has 1 fully saturated rings. The number of hydrogen-bond donors (Lipinski definition) is 1. The molecule has 1 unspecified atom stereocenters. The predicted octanol–water partition coefficient (Wildman–Crippen LogP) is 2.04. The van der Waals surface area contributed by atoms with Crippen molar-refractivity contribution < 1.29 is 18.7 Å². The first-order valence-corrected chi connectivity index (χ1v) is 8.87. The third-order valence-corrected chi connectivity index (χ3v) is 4.68. The summed E-state index contributed by atoms with van der Waals surface area (Å²) in [5.41, 5.74) is 1.06. The summed E-state index contributed by atoms with van der Waals surface area (Å²) in [7, 11) is 1.64. The van der Waals surface area contributed by atoms with Gasteiger partial charge in [0.25, 0.3) is 0 Å². The van der Waals surface area contributed by atoms with Crippen LogP contribution in [0.1, 0.15) is 17.7 Å². The van der Waals surface area contributed by atoms with Crippen LogP contribution < -0.4 is 10.1 Å². The maximum absolute atomic E-state index is 12.3. The van der Waals surface area contributed by atoms with Gasteiger partial charge in [0.1, 0.15) is 11.5 Å². The topological polar surface area (TPSA) is 71.8 Å². The smallest absolute Gasteiger partial charge is 0.225 e. The average Bonchev–Trinajstić information content (AvgIpc) is 3.30. The molecule has 0 bridgehead atoms. The minimum atomic E-state index is -0.281. The van der Waals surface area contributed by atoms with Gasteiger partial charge in [-0.1, -0.05) is 18.2 Å². The molecule has 26 heavy (non-hydrogen) atoms. The molecule has 3 rings (SSSR count). The Hall–Kier alpha value is -2.76. The highest BCUT2D eigenvalue weighted by Gasteiger charge is 2.33. The number of hydrogen-bond acceptors (Lipinski definition) is 4. The maximum Gasteiger partial charge on any atom is 0.225 e. The van der Waals surface area contributed by atoms with Crippen molar-refractivity contribution in [3.63, 3.8) is 0 Å². The Morgan fingerprint density at radius 3 is 2.88 bits per heavy atom. The van der Waals surface area contributed by atoms with E-state index in [9.17, 15) is 9.59 Å². The molecule has 138 valence electrons. The van der Waals surface area contributed by atoms with Crippen molar-refractivity contribution in [3.05, 3.63) is 54.0 Å². The zero-order chi connectivity index (χ0) is 18.4. The zero-order valence-corrected chi connectivity index (χ0v) is 14.9. The first-order valence-electron chi connectivity index (χ1n) is 8.87. The molecule has 1 atom stereocenters. The van der Waals surface area contributed by atoms with E-state index in [-0.39, 0.29) is 24.2 Å². The predicted molar refractivity (Wildman–Crippen MR) is 96.8 cm³/mol. The SMILES string of the molecule is COc1ccccc1CCN1CC(C(=O)NCCc2ccco2)CC1=O. The first kappa shape index (κ1) is 18.0. The minimum absolute atomic E-state index is 0.0334. The van der Waals surface area contributed by atoms with Crippen LogP contribution in [0.2, 0.25) is 0 Å². The van der Waals surface area contributed by atoms with Gasteiger partial charge in [0.2, 0.25) is 11.8 Å². The summed E-state index contributed by atoms with van der Waals surface area (Å²) in [6.07, 6.45) is 3.25. The lowest BCUT2D eigenvalue weighted by molar-refractivity contribution is -0.129. The molecule has 6 nitrogen and oxygen atoms in total. The number of methoxy groups -OCH3 is 1. The van der Waals surface area contributed by atoms with Crippen LogP contribution in [-0.4, -0.2) is 43.5 Å². The number of nitrogens with one attached hydrogen (secondary N) is 1. The molecular formula is C20H24N2O4. The third-order valence-electron chi connectivity index (χ3n) is 4.68. The van der Waals surface area contributed by atoms with E-state index in [1.165, 1.54) is 0 Å². The van der Waals surface area contributed by atoms with Crippen molar-refractivity contribution >= 4 is 11.8 Å². The molecule has 0 aliphatic carbocycles. The van der Waals surface area contributed by atoms with Gasteiger partial charge in [0.05, 0.1) is 19.3 Å². The molecule has 1 aliphatic heterocycles. The summed E-state index contributed by atoms with van der Waals surface area (Å²) in [4.78, 5) is 26.3. The Kier molecular flexibility index (Phi) is 5.94. The van der Waals surface area contributed by atoms with Crippen LogP contribution in [0.3, 0.4) is 0 Å². The molecule has 1 N–H and O–H groups in total. The number of para-hydroxylation sites is 1. The van der Waals surface area contributed by atoms with Crippen LogP contribution in [0, 0.1) is 5.92 Å². The quantitative estimate of drug-likeness (QED) is 0.786. The third kappa shape index (κ3) is 4.45. The van der Waals surface area contributed by atoms with Gasteiger partial charge in [-0.05, 0) is 30.2 Å². The Balaban J connectivity index is 1.46. The molecular weight excluding hydrogens is 332 g/mol. The number of ether oxygens (including phenoxy) is 1. The van der Waals surface area contributed by atoms with Gasteiger partial charge in [-0.15, -0.1) is 0 Å². The van der Waals surface area contributed by atoms with Gasteiger partial charge in [0, 0.05) is 32.5 Å². The van der Waals surface area contributed by atoms with Crippen LogP contribution >= 0.6 is 0 Å².